The SMILES string of the molecule is COC1=C(CC(C)=O)C=CCC1. The largest absolute Gasteiger partial charge is 0.501 e. The van der Waals surface area contributed by atoms with Gasteiger partial charge in [0.15, 0.2) is 0 Å². The Balaban J connectivity index is 2.74. The first kappa shape index (κ1) is 9.04. The second-order valence-corrected chi connectivity index (χ2v) is 2.97. The fraction of sp³-hybridized carbons (Fsp3) is 0.500. The number of ketones is 1. The summed E-state index contributed by atoms with van der Waals surface area (Å²) in [7, 11) is 1.66. The summed E-state index contributed by atoms with van der Waals surface area (Å²) in [5.41, 5.74) is 1.04. The third-order valence-corrected chi connectivity index (χ3v) is 1.90. The van der Waals surface area contributed by atoms with E-state index in [9.17, 15) is 4.79 Å². The molecule has 1 aliphatic rings. The van der Waals surface area contributed by atoms with Crippen molar-refractivity contribution in [3.63, 3.8) is 0 Å². The second-order valence-electron chi connectivity index (χ2n) is 2.97. The van der Waals surface area contributed by atoms with E-state index in [1.807, 2.05) is 6.08 Å². The highest BCUT2D eigenvalue weighted by Crippen LogP contribution is 2.21. The molecule has 0 aromatic rings. The topological polar surface area (TPSA) is 26.3 Å². The summed E-state index contributed by atoms with van der Waals surface area (Å²) < 4.78 is 5.18. The van der Waals surface area contributed by atoms with E-state index in [1.165, 1.54) is 0 Å². The van der Waals surface area contributed by atoms with E-state index in [1.54, 1.807) is 14.0 Å². The zero-order valence-corrected chi connectivity index (χ0v) is 7.59. The maximum atomic E-state index is 10.8. The Morgan fingerprint density at radius 1 is 1.67 bits per heavy atom. The molecule has 2 nitrogen and oxygen atoms in total. The number of rotatable bonds is 3. The fourth-order valence-corrected chi connectivity index (χ4v) is 1.35. The molecule has 2 heteroatoms. The summed E-state index contributed by atoms with van der Waals surface area (Å²) in [6.45, 7) is 1.60. The number of hydrogen-bond donors (Lipinski definition) is 0. The molecular weight excluding hydrogens is 152 g/mol. The number of methoxy groups -OCH3 is 1. The zero-order valence-electron chi connectivity index (χ0n) is 7.59. The lowest BCUT2D eigenvalue weighted by Crippen LogP contribution is -2.01. The minimum atomic E-state index is 0.186. The van der Waals surface area contributed by atoms with Crippen molar-refractivity contribution in [2.24, 2.45) is 0 Å². The zero-order chi connectivity index (χ0) is 8.97. The van der Waals surface area contributed by atoms with Gasteiger partial charge in [0, 0.05) is 12.8 Å². The summed E-state index contributed by atoms with van der Waals surface area (Å²) in [5, 5.41) is 0. The van der Waals surface area contributed by atoms with Crippen molar-refractivity contribution in [3.8, 4) is 0 Å². The molecule has 0 fully saturated rings. The molecule has 66 valence electrons. The number of carbonyl (C=O) groups excluding carboxylic acids is 1. The molecule has 0 bridgehead atoms. The van der Waals surface area contributed by atoms with Gasteiger partial charge < -0.3 is 4.74 Å². The molecule has 0 amide bonds. The monoisotopic (exact) mass is 166 g/mol. The van der Waals surface area contributed by atoms with Crippen LogP contribution in [0.15, 0.2) is 23.5 Å². The third-order valence-electron chi connectivity index (χ3n) is 1.90. The van der Waals surface area contributed by atoms with Crippen molar-refractivity contribution >= 4 is 5.78 Å². The van der Waals surface area contributed by atoms with E-state index in [4.69, 9.17) is 4.74 Å². The molecule has 0 saturated carbocycles. The third kappa shape index (κ3) is 2.22. The van der Waals surface area contributed by atoms with E-state index < -0.39 is 0 Å². The van der Waals surface area contributed by atoms with Crippen LogP contribution in [0.4, 0.5) is 0 Å². The Bertz CT molecular complexity index is 236. The first-order valence-corrected chi connectivity index (χ1v) is 4.16. The van der Waals surface area contributed by atoms with Crippen molar-refractivity contribution in [2.45, 2.75) is 26.2 Å². The molecule has 0 N–H and O–H groups in total. The predicted octanol–water partition coefficient (Wildman–Crippen LogP) is 2.22. The van der Waals surface area contributed by atoms with Crippen LogP contribution < -0.4 is 0 Å². The van der Waals surface area contributed by atoms with Crippen molar-refractivity contribution in [1.82, 2.24) is 0 Å². The van der Waals surface area contributed by atoms with Crippen molar-refractivity contribution < 1.29 is 9.53 Å². The number of ether oxygens (including phenoxy) is 1. The van der Waals surface area contributed by atoms with E-state index in [0.717, 1.165) is 24.2 Å². The van der Waals surface area contributed by atoms with Crippen molar-refractivity contribution in [3.05, 3.63) is 23.5 Å². The van der Waals surface area contributed by atoms with Gasteiger partial charge in [0.2, 0.25) is 0 Å². The molecule has 12 heavy (non-hydrogen) atoms. The smallest absolute Gasteiger partial charge is 0.134 e. The molecular formula is C10H14O2. The molecule has 0 saturated heterocycles. The van der Waals surface area contributed by atoms with Gasteiger partial charge in [-0.2, -0.15) is 0 Å². The number of hydrogen-bond acceptors (Lipinski definition) is 2. The Kier molecular flexibility index (Phi) is 3.09. The van der Waals surface area contributed by atoms with Crippen LogP contribution in [-0.2, 0) is 9.53 Å². The normalized spacial score (nSPS) is 16.5. The van der Waals surface area contributed by atoms with Gasteiger partial charge in [0.25, 0.3) is 0 Å². The van der Waals surface area contributed by atoms with Gasteiger partial charge in [-0.1, -0.05) is 12.2 Å². The maximum Gasteiger partial charge on any atom is 0.134 e. The van der Waals surface area contributed by atoms with Gasteiger partial charge in [-0.3, -0.25) is 4.79 Å². The van der Waals surface area contributed by atoms with Crippen LogP contribution in [0.1, 0.15) is 26.2 Å². The molecule has 0 heterocycles. The van der Waals surface area contributed by atoms with Gasteiger partial charge in [0.1, 0.15) is 5.78 Å². The van der Waals surface area contributed by atoms with Gasteiger partial charge in [0.05, 0.1) is 12.9 Å². The molecule has 0 unspecified atom stereocenters. The molecule has 1 rings (SSSR count). The van der Waals surface area contributed by atoms with E-state index in [0.29, 0.717) is 6.42 Å². The lowest BCUT2D eigenvalue weighted by molar-refractivity contribution is -0.116. The van der Waals surface area contributed by atoms with Gasteiger partial charge >= 0.3 is 0 Å². The van der Waals surface area contributed by atoms with E-state index in [2.05, 4.69) is 6.08 Å². The molecule has 0 aromatic heterocycles. The predicted molar refractivity (Wildman–Crippen MR) is 47.7 cm³/mol. The van der Waals surface area contributed by atoms with Gasteiger partial charge in [-0.15, -0.1) is 0 Å². The highest BCUT2D eigenvalue weighted by atomic mass is 16.5. The highest BCUT2D eigenvalue weighted by Gasteiger charge is 2.09. The van der Waals surface area contributed by atoms with Crippen LogP contribution in [0.2, 0.25) is 0 Å². The van der Waals surface area contributed by atoms with Crippen LogP contribution >= 0.6 is 0 Å². The molecule has 0 aromatic carbocycles. The number of carbonyl (C=O) groups is 1. The Morgan fingerprint density at radius 3 is 3.00 bits per heavy atom. The number of allylic oxidation sites excluding steroid dienone is 4. The quantitative estimate of drug-likeness (QED) is 0.642. The maximum absolute atomic E-state index is 10.8. The minimum Gasteiger partial charge on any atom is -0.501 e. The summed E-state index contributed by atoms with van der Waals surface area (Å²) in [6.07, 6.45) is 6.52. The molecule has 1 aliphatic carbocycles. The second kappa shape index (κ2) is 4.10. The van der Waals surface area contributed by atoms with Crippen molar-refractivity contribution in [1.29, 1.82) is 0 Å². The average molecular weight is 166 g/mol. The lowest BCUT2D eigenvalue weighted by Gasteiger charge is -2.13. The summed E-state index contributed by atoms with van der Waals surface area (Å²) in [4.78, 5) is 10.8. The molecule has 0 aliphatic heterocycles. The Morgan fingerprint density at radius 2 is 2.42 bits per heavy atom. The summed E-state index contributed by atoms with van der Waals surface area (Å²) in [5.74, 6) is 1.15. The lowest BCUT2D eigenvalue weighted by atomic mass is 10.0. The van der Waals surface area contributed by atoms with E-state index in [-0.39, 0.29) is 5.78 Å². The first-order valence-electron chi connectivity index (χ1n) is 4.16. The summed E-state index contributed by atoms with van der Waals surface area (Å²) in [6, 6.07) is 0. The van der Waals surface area contributed by atoms with Crippen molar-refractivity contribution in [2.75, 3.05) is 7.11 Å². The molecule has 0 atom stereocenters. The van der Waals surface area contributed by atoms with E-state index >= 15 is 0 Å². The summed E-state index contributed by atoms with van der Waals surface area (Å²) >= 11 is 0. The molecule has 0 spiro atoms. The standard InChI is InChI=1S/C10H14O2/c1-8(11)7-9-5-3-4-6-10(9)12-2/h3,5H,4,6-7H2,1-2H3. The van der Waals surface area contributed by atoms with Crippen LogP contribution in [0.3, 0.4) is 0 Å². The Labute approximate surface area is 72.9 Å². The number of Topliss-reactive ketones (excluding diaryl/α,β-unsaturated/α-hetero) is 1. The van der Waals surface area contributed by atoms with Gasteiger partial charge in [-0.25, -0.2) is 0 Å². The fourth-order valence-electron chi connectivity index (χ4n) is 1.35. The van der Waals surface area contributed by atoms with Crippen LogP contribution in [0.25, 0.3) is 0 Å². The molecule has 0 radical (unpaired) electrons. The highest BCUT2D eigenvalue weighted by molar-refractivity contribution is 5.79. The van der Waals surface area contributed by atoms with Crippen LogP contribution in [0.5, 0.6) is 0 Å². The Hall–Kier alpha value is -1.05. The minimum absolute atomic E-state index is 0.186. The van der Waals surface area contributed by atoms with Crippen LogP contribution in [-0.4, -0.2) is 12.9 Å². The van der Waals surface area contributed by atoms with Crippen LogP contribution in [0, 0.1) is 0 Å². The average Bonchev–Trinajstić information content (AvgIpc) is 2.04. The first-order chi connectivity index (χ1) is 5.74. The van der Waals surface area contributed by atoms with Gasteiger partial charge in [-0.05, 0) is 18.9 Å².